The highest BCUT2D eigenvalue weighted by Crippen LogP contribution is 2.34. The first-order valence-corrected chi connectivity index (χ1v) is 4.59. The average Bonchev–Trinajstić information content (AvgIpc) is 2.68. The lowest BCUT2D eigenvalue weighted by atomic mass is 10.1. The molecule has 1 aromatic carbocycles. The third-order valence-electron chi connectivity index (χ3n) is 2.48. The third-order valence-corrected chi connectivity index (χ3v) is 2.48. The van der Waals surface area contributed by atoms with Crippen LogP contribution in [0.4, 0.5) is 0 Å². The zero-order valence-corrected chi connectivity index (χ0v) is 8.19. The molecule has 0 aromatic heterocycles. The number of nitrogens with zero attached hydrogens (tertiary/aromatic N) is 1. The van der Waals surface area contributed by atoms with E-state index in [1.165, 1.54) is 0 Å². The number of rotatable bonds is 1. The normalized spacial score (nSPS) is 17.2. The van der Waals surface area contributed by atoms with Gasteiger partial charge in [-0.1, -0.05) is 24.3 Å². The molecular formula is C12H7NO3. The summed E-state index contributed by atoms with van der Waals surface area (Å²) in [6.45, 7) is 6.94. The number of benzene rings is 1. The van der Waals surface area contributed by atoms with Crippen LogP contribution >= 0.6 is 0 Å². The van der Waals surface area contributed by atoms with Gasteiger partial charge in [-0.25, -0.2) is 4.85 Å². The monoisotopic (exact) mass is 215 g/mol. The highest BCUT2D eigenvalue weighted by Gasteiger charge is 2.28. The summed E-state index contributed by atoms with van der Waals surface area (Å²) in [5.74, 6) is -1.16. The van der Waals surface area contributed by atoms with Gasteiger partial charge in [0.25, 0.3) is 7.13 Å². The molecule has 78 valence electrons. The minimum Gasteiger partial charge on any atom is -0.486 e. The average molecular weight is 215 g/mol. The van der Waals surface area contributed by atoms with E-state index in [0.29, 0.717) is 16.7 Å². The van der Waals surface area contributed by atoms with Crippen LogP contribution in [0, 0.1) is 6.57 Å². The summed E-state index contributed by atoms with van der Waals surface area (Å²) in [6.07, 6.45) is 0.00611. The van der Waals surface area contributed by atoms with Crippen LogP contribution in [0.3, 0.4) is 0 Å². The first-order chi connectivity index (χ1) is 8.19. The number of carbonyl (C=O) groups excluding carboxylic acids is 1. The van der Waals surface area contributed by atoms with Gasteiger partial charge in [-0.05, 0) is 11.1 Å². The second kappa shape index (κ2) is 3.63. The van der Waals surface area contributed by atoms with E-state index in [-0.39, 0.29) is 17.9 Å². The molecule has 0 heterocycles. The SMILES string of the molecule is [3H]OC(=O)/C([N+]#[C-])=C1/CC(=O)c2ccccc21. The van der Waals surface area contributed by atoms with Gasteiger partial charge in [0.05, 0.1) is 6.57 Å². The Morgan fingerprint density at radius 1 is 1.44 bits per heavy atom. The summed E-state index contributed by atoms with van der Waals surface area (Å²) in [5, 5.41) is 3.79. The Hall–Kier alpha value is -2.41. The molecule has 0 radical (unpaired) electrons. The quantitative estimate of drug-likeness (QED) is 0.575. The van der Waals surface area contributed by atoms with Crippen LogP contribution in [-0.4, -0.2) is 16.9 Å². The van der Waals surface area contributed by atoms with Gasteiger partial charge < -0.3 is 5.11 Å². The van der Waals surface area contributed by atoms with Crippen molar-refractivity contribution in [3.8, 4) is 0 Å². The molecule has 0 amide bonds. The number of carboxylic acid groups (broad SMARTS) is 1. The minimum absolute atomic E-state index is 0.00611. The van der Waals surface area contributed by atoms with Crippen molar-refractivity contribution in [3.05, 3.63) is 52.5 Å². The zero-order chi connectivity index (χ0) is 12.4. The molecule has 16 heavy (non-hydrogen) atoms. The van der Waals surface area contributed by atoms with Gasteiger partial charge in [0.1, 0.15) is 0 Å². The first kappa shape index (κ1) is 8.86. The van der Waals surface area contributed by atoms with E-state index < -0.39 is 5.97 Å². The smallest absolute Gasteiger partial charge is 0.334 e. The van der Waals surface area contributed by atoms with Crippen molar-refractivity contribution in [1.82, 2.24) is 0 Å². The fourth-order valence-corrected chi connectivity index (χ4v) is 1.79. The maximum Gasteiger partial charge on any atom is 0.334 e. The predicted molar refractivity (Wildman–Crippen MR) is 56.5 cm³/mol. The van der Waals surface area contributed by atoms with Crippen molar-refractivity contribution in [1.29, 1.82) is 1.43 Å². The van der Waals surface area contributed by atoms with E-state index in [1.807, 2.05) is 0 Å². The standard InChI is InChI=1S/C12H7NO3/c1-13-11(12(15)16)9-6-10(14)8-5-3-2-4-7(8)9/h2-5H,6H2,(H,15,16)/b11-9+/i/hT. The number of aliphatic carboxylic acids is 1. The van der Waals surface area contributed by atoms with E-state index in [1.54, 1.807) is 24.3 Å². The molecule has 4 heteroatoms. The first-order valence-electron chi connectivity index (χ1n) is 5.00. The Balaban J connectivity index is 2.64. The molecule has 0 aliphatic heterocycles. The van der Waals surface area contributed by atoms with Crippen LogP contribution in [0.5, 0.6) is 0 Å². The van der Waals surface area contributed by atoms with Crippen molar-refractivity contribution in [2.24, 2.45) is 0 Å². The Kier molecular flexibility index (Phi) is 2.01. The minimum atomic E-state index is -1.03. The summed E-state index contributed by atoms with van der Waals surface area (Å²) in [5.41, 5.74) is 1.13. The van der Waals surface area contributed by atoms with E-state index in [0.717, 1.165) is 0 Å². The molecule has 0 atom stereocenters. The van der Waals surface area contributed by atoms with Crippen molar-refractivity contribution in [2.75, 3.05) is 0 Å². The Labute approximate surface area is 93.1 Å². The molecule has 1 aromatic rings. The molecule has 0 saturated heterocycles. The summed E-state index contributed by atoms with van der Waals surface area (Å²) in [7, 11) is 0. The number of hydrogen-bond donors (Lipinski definition) is 1. The molecule has 1 N–H and O–H groups in total. The van der Waals surface area contributed by atoms with E-state index in [9.17, 15) is 9.59 Å². The Bertz CT molecular complexity index is 584. The molecule has 4 nitrogen and oxygen atoms in total. The fraction of sp³-hybridized carbons (Fsp3) is 0.0833. The maximum atomic E-state index is 11.7. The number of carboxylic acids is 1. The Morgan fingerprint density at radius 3 is 2.75 bits per heavy atom. The summed E-state index contributed by atoms with van der Waals surface area (Å²) in [4.78, 5) is 26.0. The van der Waals surface area contributed by atoms with E-state index in [2.05, 4.69) is 9.95 Å². The van der Waals surface area contributed by atoms with Crippen LogP contribution in [0.15, 0.2) is 30.0 Å². The molecule has 0 fully saturated rings. The lowest BCUT2D eigenvalue weighted by Gasteiger charge is -2.00. The van der Waals surface area contributed by atoms with Gasteiger partial charge in [0.15, 0.2) is 5.78 Å². The van der Waals surface area contributed by atoms with E-state index >= 15 is 0 Å². The zero-order valence-electron chi connectivity index (χ0n) is 9.19. The number of hydrogen-bond acceptors (Lipinski definition) is 3. The van der Waals surface area contributed by atoms with Gasteiger partial charge in [0, 0.05) is 12.0 Å². The van der Waals surface area contributed by atoms with Gasteiger partial charge in [0.2, 0.25) is 0 Å². The number of allylic oxidation sites excluding steroid dienone is 1. The van der Waals surface area contributed by atoms with Crippen LogP contribution in [-0.2, 0) is 4.79 Å². The maximum absolute atomic E-state index is 11.7. The fourth-order valence-electron chi connectivity index (χ4n) is 1.79. The van der Waals surface area contributed by atoms with Gasteiger partial charge in [-0.2, -0.15) is 0 Å². The second-order valence-electron chi connectivity index (χ2n) is 3.37. The van der Waals surface area contributed by atoms with Crippen LogP contribution in [0.25, 0.3) is 11.8 Å². The van der Waals surface area contributed by atoms with Crippen LogP contribution in [0.2, 0.25) is 0 Å². The van der Waals surface area contributed by atoms with E-state index in [4.69, 9.17) is 8.00 Å². The number of Topliss-reactive ketones (excluding diaryl/α,β-unsaturated/α-hetero) is 1. The van der Waals surface area contributed by atoms with Crippen LogP contribution < -0.4 is 0 Å². The number of ketones is 1. The summed E-state index contributed by atoms with van der Waals surface area (Å²) in [6, 6.07) is 6.78. The molecule has 0 unspecified atom stereocenters. The lowest BCUT2D eigenvalue weighted by Crippen LogP contribution is -1.99. The second-order valence-corrected chi connectivity index (χ2v) is 3.37. The molecular weight excluding hydrogens is 206 g/mol. The summed E-state index contributed by atoms with van der Waals surface area (Å²) < 4.78 is 6.53. The van der Waals surface area contributed by atoms with Gasteiger partial charge in [-0.15, -0.1) is 0 Å². The lowest BCUT2D eigenvalue weighted by molar-refractivity contribution is -0.132. The van der Waals surface area contributed by atoms with Crippen molar-refractivity contribution >= 4 is 17.3 Å². The molecule has 2 rings (SSSR count). The Morgan fingerprint density at radius 2 is 2.12 bits per heavy atom. The molecule has 0 saturated carbocycles. The number of carbonyl (C=O) groups is 2. The van der Waals surface area contributed by atoms with Crippen molar-refractivity contribution < 1.29 is 14.7 Å². The topological polar surface area (TPSA) is 58.7 Å². The summed E-state index contributed by atoms with van der Waals surface area (Å²) >= 11 is 0. The molecule has 1 aliphatic rings. The molecule has 0 bridgehead atoms. The third kappa shape index (κ3) is 1.39. The highest BCUT2D eigenvalue weighted by molar-refractivity contribution is 6.15. The molecule has 1 aliphatic carbocycles. The predicted octanol–water partition coefficient (Wildman–Crippen LogP) is 1.99. The van der Waals surface area contributed by atoms with Crippen molar-refractivity contribution in [2.45, 2.75) is 6.42 Å². The van der Waals surface area contributed by atoms with Gasteiger partial charge >= 0.3 is 5.97 Å². The highest BCUT2D eigenvalue weighted by atomic mass is 16.4. The van der Waals surface area contributed by atoms with Crippen LogP contribution in [0.1, 0.15) is 22.3 Å². The number of fused-ring (bicyclic) bond motifs is 1. The van der Waals surface area contributed by atoms with Gasteiger partial charge in [-0.3, -0.25) is 9.59 Å². The van der Waals surface area contributed by atoms with Crippen molar-refractivity contribution in [3.63, 3.8) is 0 Å². The molecule has 0 spiro atoms. The largest absolute Gasteiger partial charge is 0.486 e.